The van der Waals surface area contributed by atoms with Gasteiger partial charge in [0.1, 0.15) is 0 Å². The molecule has 0 saturated carbocycles. The molecular weight excluding hydrogens is 284 g/mol. The predicted molar refractivity (Wildman–Crippen MR) is 97.6 cm³/mol. The highest BCUT2D eigenvalue weighted by Crippen LogP contribution is 2.14. The van der Waals surface area contributed by atoms with Crippen molar-refractivity contribution in [3.05, 3.63) is 48.3 Å². The zero-order valence-corrected chi connectivity index (χ0v) is 15.0. The van der Waals surface area contributed by atoms with Crippen molar-refractivity contribution in [2.75, 3.05) is 11.9 Å². The van der Waals surface area contributed by atoms with E-state index in [9.17, 15) is 0 Å². The first-order valence-corrected chi connectivity index (χ1v) is 8.42. The molecule has 1 atom stereocenters. The molecule has 0 fully saturated rings. The molecule has 126 valence electrons. The number of para-hydroxylation sites is 1. The number of hydrogen-bond donors (Lipinski definition) is 2. The predicted octanol–water partition coefficient (Wildman–Crippen LogP) is 3.86. The standard InChI is InChI=1S/C19H30N4/c1-15(2)18(22-17-9-7-6-8-10-17)13-20-11-16-12-21-23(14-16)19(3,4)5/h6-10,12,14-15,18,20,22H,11,13H2,1-5H3/t18-/m1/s1. The van der Waals surface area contributed by atoms with Crippen molar-refractivity contribution in [1.82, 2.24) is 15.1 Å². The Morgan fingerprint density at radius 1 is 1.13 bits per heavy atom. The van der Waals surface area contributed by atoms with Crippen LogP contribution in [0, 0.1) is 5.92 Å². The summed E-state index contributed by atoms with van der Waals surface area (Å²) in [7, 11) is 0. The summed E-state index contributed by atoms with van der Waals surface area (Å²) in [5.41, 5.74) is 2.43. The number of nitrogens with zero attached hydrogens (tertiary/aromatic N) is 2. The fourth-order valence-corrected chi connectivity index (χ4v) is 2.39. The van der Waals surface area contributed by atoms with E-state index in [2.05, 4.69) is 80.8 Å². The van der Waals surface area contributed by atoms with Crippen LogP contribution < -0.4 is 10.6 Å². The van der Waals surface area contributed by atoms with Crippen molar-refractivity contribution in [3.8, 4) is 0 Å². The van der Waals surface area contributed by atoms with Crippen molar-refractivity contribution in [2.45, 2.75) is 52.7 Å². The molecular formula is C19H30N4. The molecule has 0 aliphatic carbocycles. The molecule has 2 rings (SSSR count). The summed E-state index contributed by atoms with van der Waals surface area (Å²) in [5.74, 6) is 0.556. The van der Waals surface area contributed by atoms with E-state index in [1.165, 1.54) is 11.3 Å². The summed E-state index contributed by atoms with van der Waals surface area (Å²) >= 11 is 0. The van der Waals surface area contributed by atoms with E-state index in [0.29, 0.717) is 12.0 Å². The molecule has 0 aliphatic heterocycles. The second-order valence-electron chi connectivity index (χ2n) is 7.46. The number of anilines is 1. The van der Waals surface area contributed by atoms with Crippen LogP contribution in [-0.2, 0) is 12.1 Å². The molecule has 0 saturated heterocycles. The quantitative estimate of drug-likeness (QED) is 0.815. The highest BCUT2D eigenvalue weighted by Gasteiger charge is 2.15. The summed E-state index contributed by atoms with van der Waals surface area (Å²) in [6, 6.07) is 10.8. The summed E-state index contributed by atoms with van der Waals surface area (Å²) in [6.07, 6.45) is 4.08. The van der Waals surface area contributed by atoms with Crippen LogP contribution in [0.15, 0.2) is 42.7 Å². The van der Waals surface area contributed by atoms with E-state index in [4.69, 9.17) is 0 Å². The molecule has 0 unspecified atom stereocenters. The average Bonchev–Trinajstić information content (AvgIpc) is 2.96. The number of hydrogen-bond acceptors (Lipinski definition) is 3. The summed E-state index contributed by atoms with van der Waals surface area (Å²) in [5, 5.41) is 11.6. The van der Waals surface area contributed by atoms with Crippen molar-refractivity contribution in [1.29, 1.82) is 0 Å². The molecule has 4 nitrogen and oxygen atoms in total. The smallest absolute Gasteiger partial charge is 0.0543 e. The Morgan fingerprint density at radius 3 is 2.39 bits per heavy atom. The third-order valence-electron chi connectivity index (χ3n) is 3.95. The van der Waals surface area contributed by atoms with Crippen LogP contribution in [0.5, 0.6) is 0 Å². The lowest BCUT2D eigenvalue weighted by Crippen LogP contribution is -2.36. The van der Waals surface area contributed by atoms with Crippen LogP contribution in [-0.4, -0.2) is 22.4 Å². The van der Waals surface area contributed by atoms with Gasteiger partial charge < -0.3 is 10.6 Å². The molecule has 0 bridgehead atoms. The molecule has 23 heavy (non-hydrogen) atoms. The Morgan fingerprint density at radius 2 is 1.83 bits per heavy atom. The van der Waals surface area contributed by atoms with Gasteiger partial charge in [-0.2, -0.15) is 5.10 Å². The minimum atomic E-state index is 0.0353. The average molecular weight is 314 g/mol. The molecule has 2 N–H and O–H groups in total. The van der Waals surface area contributed by atoms with Gasteiger partial charge in [0.05, 0.1) is 11.7 Å². The molecule has 0 spiro atoms. The van der Waals surface area contributed by atoms with Gasteiger partial charge in [0, 0.05) is 36.6 Å². The maximum Gasteiger partial charge on any atom is 0.0543 e. The largest absolute Gasteiger partial charge is 0.381 e. The van der Waals surface area contributed by atoms with E-state index in [1.807, 2.05) is 16.9 Å². The van der Waals surface area contributed by atoms with Gasteiger partial charge in [-0.05, 0) is 38.8 Å². The molecule has 0 radical (unpaired) electrons. The van der Waals surface area contributed by atoms with Crippen LogP contribution in [0.4, 0.5) is 5.69 Å². The first-order chi connectivity index (χ1) is 10.9. The Hall–Kier alpha value is -1.81. The van der Waals surface area contributed by atoms with Gasteiger partial charge in [-0.1, -0.05) is 32.0 Å². The third-order valence-corrected chi connectivity index (χ3v) is 3.95. The van der Waals surface area contributed by atoms with Gasteiger partial charge in [0.2, 0.25) is 0 Å². The summed E-state index contributed by atoms with van der Waals surface area (Å²) in [6.45, 7) is 12.8. The first-order valence-electron chi connectivity index (χ1n) is 8.42. The minimum Gasteiger partial charge on any atom is -0.381 e. The van der Waals surface area contributed by atoms with E-state index in [-0.39, 0.29) is 5.54 Å². The van der Waals surface area contributed by atoms with E-state index in [0.717, 1.165) is 13.1 Å². The highest BCUT2D eigenvalue weighted by atomic mass is 15.3. The van der Waals surface area contributed by atoms with E-state index in [1.54, 1.807) is 0 Å². The van der Waals surface area contributed by atoms with E-state index < -0.39 is 0 Å². The normalized spacial score (nSPS) is 13.3. The molecule has 2 aromatic rings. The fourth-order valence-electron chi connectivity index (χ4n) is 2.39. The lowest BCUT2D eigenvalue weighted by atomic mass is 10.0. The lowest BCUT2D eigenvalue weighted by molar-refractivity contribution is 0.355. The van der Waals surface area contributed by atoms with Gasteiger partial charge in [0.25, 0.3) is 0 Å². The van der Waals surface area contributed by atoms with Crippen molar-refractivity contribution < 1.29 is 0 Å². The summed E-state index contributed by atoms with van der Waals surface area (Å²) in [4.78, 5) is 0. The maximum absolute atomic E-state index is 4.45. The van der Waals surface area contributed by atoms with E-state index >= 15 is 0 Å². The molecule has 1 heterocycles. The van der Waals surface area contributed by atoms with Crippen LogP contribution in [0.1, 0.15) is 40.2 Å². The molecule has 0 aliphatic rings. The number of nitrogens with one attached hydrogen (secondary N) is 2. The molecule has 0 amide bonds. The zero-order chi connectivity index (χ0) is 16.9. The van der Waals surface area contributed by atoms with Crippen molar-refractivity contribution >= 4 is 5.69 Å². The Balaban J connectivity index is 1.86. The Labute approximate surface area is 140 Å². The number of rotatable bonds is 7. The van der Waals surface area contributed by atoms with Crippen molar-refractivity contribution in [3.63, 3.8) is 0 Å². The van der Waals surface area contributed by atoms with Gasteiger partial charge >= 0.3 is 0 Å². The highest BCUT2D eigenvalue weighted by molar-refractivity contribution is 5.43. The minimum absolute atomic E-state index is 0.0353. The van der Waals surface area contributed by atoms with Gasteiger partial charge in [-0.25, -0.2) is 0 Å². The van der Waals surface area contributed by atoms with Gasteiger partial charge in [-0.15, -0.1) is 0 Å². The van der Waals surface area contributed by atoms with Crippen LogP contribution >= 0.6 is 0 Å². The second-order valence-corrected chi connectivity index (χ2v) is 7.46. The second kappa shape index (κ2) is 7.64. The fraction of sp³-hybridized carbons (Fsp3) is 0.526. The monoisotopic (exact) mass is 314 g/mol. The lowest BCUT2D eigenvalue weighted by Gasteiger charge is -2.24. The van der Waals surface area contributed by atoms with Gasteiger partial charge in [-0.3, -0.25) is 4.68 Å². The molecule has 1 aromatic carbocycles. The topological polar surface area (TPSA) is 41.9 Å². The van der Waals surface area contributed by atoms with Crippen LogP contribution in [0.2, 0.25) is 0 Å². The third kappa shape index (κ3) is 5.39. The molecule has 1 aromatic heterocycles. The van der Waals surface area contributed by atoms with Crippen LogP contribution in [0.25, 0.3) is 0 Å². The maximum atomic E-state index is 4.45. The van der Waals surface area contributed by atoms with Gasteiger partial charge in [0.15, 0.2) is 0 Å². The first kappa shape index (κ1) is 17.5. The Kier molecular flexibility index (Phi) is 5.83. The molecule has 4 heteroatoms. The zero-order valence-electron chi connectivity index (χ0n) is 15.0. The Bertz CT molecular complexity index is 581. The SMILES string of the molecule is CC(C)[C@@H](CNCc1cnn(C(C)(C)C)c1)Nc1ccccc1. The van der Waals surface area contributed by atoms with Crippen molar-refractivity contribution in [2.24, 2.45) is 5.92 Å². The van der Waals surface area contributed by atoms with Crippen LogP contribution in [0.3, 0.4) is 0 Å². The number of aromatic nitrogens is 2. The number of benzene rings is 1. The summed E-state index contributed by atoms with van der Waals surface area (Å²) < 4.78 is 2.02.